The van der Waals surface area contributed by atoms with Crippen LogP contribution in [0.3, 0.4) is 0 Å². The molecule has 0 saturated carbocycles. The van der Waals surface area contributed by atoms with Crippen molar-refractivity contribution in [2.75, 3.05) is 0 Å². The van der Waals surface area contributed by atoms with Crippen LogP contribution >= 0.6 is 0 Å². The van der Waals surface area contributed by atoms with Crippen molar-refractivity contribution >= 4 is 32.5 Å². The third kappa shape index (κ3) is 109. The van der Waals surface area contributed by atoms with Gasteiger partial charge in [-0.1, -0.05) is 0 Å². The molecule has 3 N–H and O–H groups in total. The van der Waals surface area contributed by atoms with Crippen LogP contribution in [0.2, 0.25) is 0 Å². The quantitative estimate of drug-likeness (QED) is 0.390. The van der Waals surface area contributed by atoms with Gasteiger partial charge in [0, 0.05) is 18.0 Å². The first-order chi connectivity index (χ1) is 2.00. The molecule has 0 atom stereocenters. The van der Waals surface area contributed by atoms with Crippen molar-refractivity contribution in [1.82, 2.24) is 0 Å². The minimum Gasteiger partial charge on any atom is 0 e. The second kappa shape index (κ2) is 2.89. The number of rotatable bonds is 0. The summed E-state index contributed by atoms with van der Waals surface area (Å²) in [6.45, 7) is 0. The Hall–Kier alpha value is 0.797. The molecule has 0 amide bonds. The summed E-state index contributed by atoms with van der Waals surface area (Å²) in [6, 6.07) is 0. The van der Waals surface area contributed by atoms with Crippen LogP contribution in [-0.2, 0) is 3.74 Å². The first-order valence-electron chi connectivity index (χ1n) is 0.783. The molecule has 0 aliphatic rings. The van der Waals surface area contributed by atoms with Gasteiger partial charge in [-0.05, 0) is 0 Å². The summed E-state index contributed by atoms with van der Waals surface area (Å²) in [5, 5.41) is 0. The average Bonchev–Trinajstić information content (AvgIpc) is 0.722. The van der Waals surface area contributed by atoms with E-state index in [0.717, 1.165) is 0 Å². The summed E-state index contributed by atoms with van der Waals surface area (Å²) in [5.74, 6) is 0. The van der Waals surface area contributed by atoms with Crippen LogP contribution < -0.4 is 0 Å². The van der Waals surface area contributed by atoms with Crippen molar-refractivity contribution in [3.05, 3.63) is 0 Å². The predicted molar refractivity (Wildman–Crippen MR) is 18.9 cm³/mol. The Balaban J connectivity index is 0. The Bertz CT molecular complexity index is 51.7. The average molecular weight is 217 g/mol. The van der Waals surface area contributed by atoms with E-state index in [-0.39, 0.29) is 18.0 Å². The Morgan fingerprint density at radius 3 is 1.17 bits per heavy atom. The van der Waals surface area contributed by atoms with Crippen molar-refractivity contribution in [2.45, 2.75) is 0 Å². The fourth-order valence-corrected chi connectivity index (χ4v) is 0. The van der Waals surface area contributed by atoms with Gasteiger partial charge in [0.1, 0.15) is 0 Å². The van der Waals surface area contributed by atoms with Gasteiger partial charge in [0.15, 0.2) is 0 Å². The van der Waals surface area contributed by atoms with Crippen molar-refractivity contribution in [2.24, 2.45) is 0 Å². The van der Waals surface area contributed by atoms with Crippen LogP contribution in [0, 0.1) is 0 Å². The zero-order chi connectivity index (χ0) is 4.50. The monoisotopic (exact) mass is 217 g/mol. The maximum Gasteiger partial charge on any atom is 0 e. The fraction of sp³-hybridized carbons (Fsp3) is 0. The minimum atomic E-state index is -5.12. The third-order valence-corrected chi connectivity index (χ3v) is 0. The molecule has 0 rings (SSSR count). The van der Waals surface area contributed by atoms with Gasteiger partial charge >= 0.3 is 30.5 Å². The van der Waals surface area contributed by atoms with Gasteiger partial charge in [-0.3, -0.25) is 0 Å². The molecule has 0 bridgehead atoms. The van der Waals surface area contributed by atoms with Gasteiger partial charge in [0.2, 0.25) is 0 Å². The standard InChI is InChI=1S/AsH3O4.As/c2-1(3,4)5;/h(H3,2,3,4,5);. The van der Waals surface area contributed by atoms with E-state index in [2.05, 4.69) is 0 Å². The molecule has 0 aromatic carbocycles. The Kier molecular flexibility index (Phi) is 4.78. The van der Waals surface area contributed by atoms with E-state index in [9.17, 15) is 0 Å². The molecular weight excluding hydrogens is 214 g/mol. The van der Waals surface area contributed by atoms with E-state index >= 15 is 0 Å². The first-order valence-corrected chi connectivity index (χ1v) is 4.07. The Labute approximate surface area is 48.8 Å². The SMILES string of the molecule is O=[As](O)(O)O.[As]. The van der Waals surface area contributed by atoms with Crippen LogP contribution in [0.25, 0.3) is 0 Å². The summed E-state index contributed by atoms with van der Waals surface area (Å²) in [5.41, 5.74) is 0. The maximum absolute atomic E-state index is 8.94. The Morgan fingerprint density at radius 2 is 1.17 bits per heavy atom. The molecule has 6 heteroatoms. The predicted octanol–water partition coefficient (Wildman–Crippen LogP) is -2.55. The third-order valence-electron chi connectivity index (χ3n) is 0. The summed E-state index contributed by atoms with van der Waals surface area (Å²) in [4.78, 5) is 0. The van der Waals surface area contributed by atoms with E-state index in [1.807, 2.05) is 0 Å². The van der Waals surface area contributed by atoms with Gasteiger partial charge < -0.3 is 0 Å². The molecule has 0 heterocycles. The van der Waals surface area contributed by atoms with Crippen molar-refractivity contribution in [3.63, 3.8) is 0 Å². The number of hydrogen-bond acceptors (Lipinski definition) is 1. The molecule has 0 aromatic heterocycles. The van der Waals surface area contributed by atoms with Crippen LogP contribution in [0.15, 0.2) is 0 Å². The second-order valence-electron chi connectivity index (χ2n) is 0.513. The fourth-order valence-electron chi connectivity index (χ4n) is 0. The van der Waals surface area contributed by atoms with Crippen LogP contribution in [0.4, 0.5) is 0 Å². The summed E-state index contributed by atoms with van der Waals surface area (Å²) >= 11 is -5.12. The van der Waals surface area contributed by atoms with Gasteiger partial charge in [0.05, 0.1) is 0 Å². The largest absolute Gasteiger partial charge is 0 e. The molecule has 0 saturated heterocycles. The normalized spacial score (nSPS) is 9.83. The molecule has 4 nitrogen and oxygen atoms in total. The van der Waals surface area contributed by atoms with E-state index in [0.29, 0.717) is 0 Å². The van der Waals surface area contributed by atoms with E-state index in [4.69, 9.17) is 16.0 Å². The van der Waals surface area contributed by atoms with E-state index < -0.39 is 14.5 Å². The van der Waals surface area contributed by atoms with Gasteiger partial charge in [-0.25, -0.2) is 0 Å². The summed E-state index contributed by atoms with van der Waals surface area (Å²) in [7, 11) is 0. The molecule has 0 aromatic rings. The van der Waals surface area contributed by atoms with Crippen molar-refractivity contribution < 1.29 is 16.0 Å². The van der Waals surface area contributed by atoms with Crippen LogP contribution in [0.1, 0.15) is 0 Å². The molecule has 0 aliphatic heterocycles. The summed E-state index contributed by atoms with van der Waals surface area (Å²) < 4.78 is 30.7. The summed E-state index contributed by atoms with van der Waals surface area (Å²) in [6.07, 6.45) is 0. The number of hydrogen-bond donors (Lipinski definition) is 3. The molecule has 37 valence electrons. The van der Waals surface area contributed by atoms with Crippen LogP contribution in [-0.4, -0.2) is 44.8 Å². The topological polar surface area (TPSA) is 77.8 Å². The van der Waals surface area contributed by atoms with E-state index in [1.165, 1.54) is 0 Å². The zero-order valence-electron chi connectivity index (χ0n) is 2.64. The Morgan fingerprint density at radius 1 is 1.17 bits per heavy atom. The van der Waals surface area contributed by atoms with Gasteiger partial charge in [-0.15, -0.1) is 0 Å². The van der Waals surface area contributed by atoms with Gasteiger partial charge in [0.25, 0.3) is 0 Å². The van der Waals surface area contributed by atoms with Crippen molar-refractivity contribution in [3.8, 4) is 0 Å². The molecule has 3 radical (unpaired) electrons. The minimum absolute atomic E-state index is 0. The van der Waals surface area contributed by atoms with Gasteiger partial charge in [-0.2, -0.15) is 0 Å². The molecule has 0 unspecified atom stereocenters. The second-order valence-corrected chi connectivity index (χ2v) is 2.67. The molecule has 6 heavy (non-hydrogen) atoms. The van der Waals surface area contributed by atoms with E-state index in [1.54, 1.807) is 0 Å². The van der Waals surface area contributed by atoms with Crippen molar-refractivity contribution in [1.29, 1.82) is 0 Å². The zero-order valence-corrected chi connectivity index (χ0v) is 6.40. The van der Waals surface area contributed by atoms with Crippen LogP contribution in [0.5, 0.6) is 0 Å². The molecule has 0 fully saturated rings. The molecule has 0 spiro atoms. The maximum atomic E-state index is 8.94. The first kappa shape index (κ1) is 9.93. The molecular formula is H3As2O4. The smallest absolute Gasteiger partial charge is 0 e. The molecule has 0 aliphatic carbocycles.